The van der Waals surface area contributed by atoms with Gasteiger partial charge in [-0.25, -0.2) is 0 Å². The van der Waals surface area contributed by atoms with Gasteiger partial charge in [-0.15, -0.1) is 0 Å². The van der Waals surface area contributed by atoms with Crippen molar-refractivity contribution >= 4 is 16.6 Å². The fourth-order valence-corrected chi connectivity index (χ4v) is 3.90. The molecule has 1 heterocycles. The maximum absolute atomic E-state index is 4.54. The molecule has 0 saturated heterocycles. The minimum Gasteiger partial charge on any atom is -0.381 e. The number of fused-ring (bicyclic) bond motifs is 1. The summed E-state index contributed by atoms with van der Waals surface area (Å²) in [6.07, 6.45) is 5.70. The van der Waals surface area contributed by atoms with Crippen molar-refractivity contribution in [3.8, 4) is 0 Å². The second-order valence-corrected chi connectivity index (χ2v) is 7.14. The number of hydrogen-bond acceptors (Lipinski definition) is 2. The van der Waals surface area contributed by atoms with E-state index in [-0.39, 0.29) is 0 Å². The Morgan fingerprint density at radius 1 is 1.15 bits per heavy atom. The Labute approximate surface area is 121 Å². The number of nitrogens with zero attached hydrogens (tertiary/aromatic N) is 1. The summed E-state index contributed by atoms with van der Waals surface area (Å²) in [5.74, 6) is 0.791. The van der Waals surface area contributed by atoms with Crippen LogP contribution in [-0.2, 0) is 0 Å². The van der Waals surface area contributed by atoms with Crippen molar-refractivity contribution < 1.29 is 0 Å². The van der Waals surface area contributed by atoms with Crippen molar-refractivity contribution in [1.82, 2.24) is 4.98 Å². The summed E-state index contributed by atoms with van der Waals surface area (Å²) in [6.45, 7) is 7.15. The smallest absolute Gasteiger partial charge is 0.0933 e. The lowest BCUT2D eigenvalue weighted by Gasteiger charge is -2.39. The summed E-state index contributed by atoms with van der Waals surface area (Å²) in [5.41, 5.74) is 2.71. The lowest BCUT2D eigenvalue weighted by molar-refractivity contribution is 0.178. The largest absolute Gasteiger partial charge is 0.381 e. The lowest BCUT2D eigenvalue weighted by atomic mass is 9.70. The van der Waals surface area contributed by atoms with E-state index in [0.717, 1.165) is 11.4 Å². The topological polar surface area (TPSA) is 24.9 Å². The summed E-state index contributed by atoms with van der Waals surface area (Å²) in [6, 6.07) is 11.1. The van der Waals surface area contributed by atoms with Gasteiger partial charge in [-0.1, -0.05) is 39.0 Å². The van der Waals surface area contributed by atoms with Gasteiger partial charge in [0.15, 0.2) is 0 Å². The van der Waals surface area contributed by atoms with Crippen LogP contribution >= 0.6 is 0 Å². The zero-order chi connectivity index (χ0) is 14.2. The summed E-state index contributed by atoms with van der Waals surface area (Å²) >= 11 is 0. The number of nitrogens with one attached hydrogen (secondary N) is 1. The van der Waals surface area contributed by atoms with Crippen molar-refractivity contribution in [2.24, 2.45) is 11.3 Å². The Morgan fingerprint density at radius 2 is 1.95 bits per heavy atom. The van der Waals surface area contributed by atoms with E-state index in [1.54, 1.807) is 0 Å². The quantitative estimate of drug-likeness (QED) is 0.841. The maximum atomic E-state index is 4.54. The zero-order valence-electron chi connectivity index (χ0n) is 12.7. The van der Waals surface area contributed by atoms with Gasteiger partial charge in [0.2, 0.25) is 0 Å². The van der Waals surface area contributed by atoms with E-state index >= 15 is 0 Å². The fourth-order valence-electron chi connectivity index (χ4n) is 3.90. The van der Waals surface area contributed by atoms with Gasteiger partial charge >= 0.3 is 0 Å². The van der Waals surface area contributed by atoms with Gasteiger partial charge in [0, 0.05) is 17.6 Å². The first-order valence-electron chi connectivity index (χ1n) is 7.64. The van der Waals surface area contributed by atoms with E-state index < -0.39 is 0 Å². The maximum Gasteiger partial charge on any atom is 0.0933 e. The molecule has 20 heavy (non-hydrogen) atoms. The van der Waals surface area contributed by atoms with E-state index in [0.29, 0.717) is 11.5 Å². The van der Waals surface area contributed by atoms with Crippen LogP contribution < -0.4 is 5.32 Å². The van der Waals surface area contributed by atoms with Crippen LogP contribution in [0.5, 0.6) is 0 Å². The molecule has 1 aromatic heterocycles. The molecule has 0 amide bonds. The number of anilines is 1. The van der Waals surface area contributed by atoms with Gasteiger partial charge in [0.1, 0.15) is 0 Å². The first kappa shape index (κ1) is 13.4. The average molecular weight is 268 g/mol. The second-order valence-electron chi connectivity index (χ2n) is 7.14. The van der Waals surface area contributed by atoms with E-state index in [4.69, 9.17) is 0 Å². The van der Waals surface area contributed by atoms with Crippen LogP contribution in [0.4, 0.5) is 5.69 Å². The normalized spacial score (nSPS) is 25.6. The standard InChI is InChI=1S/C18H24N2/c1-13-10-15(12-18(2,3)11-13)20-16-8-4-6-14-7-5-9-19-17(14)16/h4-9,13,15,20H,10-12H2,1-3H3. The molecule has 1 fully saturated rings. The van der Waals surface area contributed by atoms with E-state index in [1.807, 2.05) is 12.3 Å². The van der Waals surface area contributed by atoms with Crippen LogP contribution in [-0.4, -0.2) is 11.0 Å². The van der Waals surface area contributed by atoms with Crippen LogP contribution in [0.25, 0.3) is 10.9 Å². The van der Waals surface area contributed by atoms with Crippen molar-refractivity contribution in [2.45, 2.75) is 46.1 Å². The highest BCUT2D eigenvalue weighted by Crippen LogP contribution is 2.39. The molecular formula is C18H24N2. The number of para-hydroxylation sites is 1. The van der Waals surface area contributed by atoms with Gasteiger partial charge in [0.05, 0.1) is 11.2 Å². The third-order valence-corrected chi connectivity index (χ3v) is 4.38. The molecule has 2 unspecified atom stereocenters. The molecule has 0 bridgehead atoms. The molecule has 2 atom stereocenters. The molecule has 1 N–H and O–H groups in total. The molecule has 2 heteroatoms. The number of benzene rings is 1. The van der Waals surface area contributed by atoms with Crippen LogP contribution in [0, 0.1) is 11.3 Å². The van der Waals surface area contributed by atoms with Gasteiger partial charge in [-0.3, -0.25) is 4.98 Å². The van der Waals surface area contributed by atoms with Gasteiger partial charge < -0.3 is 5.32 Å². The predicted octanol–water partition coefficient (Wildman–Crippen LogP) is 4.86. The predicted molar refractivity (Wildman–Crippen MR) is 85.9 cm³/mol. The number of hydrogen-bond donors (Lipinski definition) is 1. The summed E-state index contributed by atoms with van der Waals surface area (Å²) in [5, 5.41) is 4.96. The third kappa shape index (κ3) is 2.79. The van der Waals surface area contributed by atoms with Crippen molar-refractivity contribution in [2.75, 3.05) is 5.32 Å². The van der Waals surface area contributed by atoms with Crippen molar-refractivity contribution in [3.05, 3.63) is 36.5 Å². The van der Waals surface area contributed by atoms with E-state index in [2.05, 4.69) is 55.3 Å². The Bertz CT molecular complexity index is 598. The first-order valence-corrected chi connectivity index (χ1v) is 7.64. The molecule has 1 aliphatic rings. The highest BCUT2D eigenvalue weighted by molar-refractivity contribution is 5.90. The van der Waals surface area contributed by atoms with Crippen LogP contribution in [0.15, 0.2) is 36.5 Å². The van der Waals surface area contributed by atoms with Gasteiger partial charge in [-0.05, 0) is 42.7 Å². The zero-order valence-corrected chi connectivity index (χ0v) is 12.7. The highest BCUT2D eigenvalue weighted by Gasteiger charge is 2.32. The average Bonchev–Trinajstić information content (AvgIpc) is 2.37. The van der Waals surface area contributed by atoms with E-state index in [9.17, 15) is 0 Å². The van der Waals surface area contributed by atoms with Crippen LogP contribution in [0.3, 0.4) is 0 Å². The number of aromatic nitrogens is 1. The third-order valence-electron chi connectivity index (χ3n) is 4.38. The first-order chi connectivity index (χ1) is 9.53. The molecular weight excluding hydrogens is 244 g/mol. The number of pyridine rings is 1. The molecule has 106 valence electrons. The Balaban J connectivity index is 1.86. The molecule has 2 nitrogen and oxygen atoms in total. The molecule has 0 aliphatic heterocycles. The summed E-state index contributed by atoms with van der Waals surface area (Å²) < 4.78 is 0. The molecule has 0 spiro atoms. The molecule has 1 saturated carbocycles. The molecule has 0 radical (unpaired) electrons. The second kappa shape index (κ2) is 5.08. The molecule has 3 rings (SSSR count). The van der Waals surface area contributed by atoms with E-state index in [1.165, 1.54) is 30.3 Å². The molecule has 1 aromatic carbocycles. The SMILES string of the molecule is CC1CC(Nc2cccc3cccnc23)CC(C)(C)C1. The minimum absolute atomic E-state index is 0.438. The number of rotatable bonds is 2. The molecule has 2 aromatic rings. The Morgan fingerprint density at radius 3 is 2.75 bits per heavy atom. The Kier molecular flexibility index (Phi) is 3.41. The van der Waals surface area contributed by atoms with Gasteiger partial charge in [0.25, 0.3) is 0 Å². The minimum atomic E-state index is 0.438. The van der Waals surface area contributed by atoms with Crippen molar-refractivity contribution in [3.63, 3.8) is 0 Å². The fraction of sp³-hybridized carbons (Fsp3) is 0.500. The lowest BCUT2D eigenvalue weighted by Crippen LogP contribution is -2.35. The van der Waals surface area contributed by atoms with Crippen LogP contribution in [0.1, 0.15) is 40.0 Å². The molecule has 1 aliphatic carbocycles. The van der Waals surface area contributed by atoms with Crippen molar-refractivity contribution in [1.29, 1.82) is 0 Å². The van der Waals surface area contributed by atoms with Gasteiger partial charge in [-0.2, -0.15) is 0 Å². The monoisotopic (exact) mass is 268 g/mol. The Hall–Kier alpha value is -1.57. The van der Waals surface area contributed by atoms with Crippen LogP contribution in [0.2, 0.25) is 0 Å². The summed E-state index contributed by atoms with van der Waals surface area (Å²) in [7, 11) is 0. The summed E-state index contributed by atoms with van der Waals surface area (Å²) in [4.78, 5) is 4.54. The highest BCUT2D eigenvalue weighted by atomic mass is 14.9.